The fraction of sp³-hybridized carbons (Fsp3) is 0.286. The molecule has 0 aliphatic heterocycles. The second-order valence-electron chi connectivity index (χ2n) is 4.55. The minimum absolute atomic E-state index is 0.0538. The summed E-state index contributed by atoms with van der Waals surface area (Å²) in [5.74, 6) is -1.08. The number of aromatic carboxylic acids is 1. The molecule has 0 fully saturated rings. The van der Waals surface area contributed by atoms with Crippen molar-refractivity contribution < 1.29 is 14.7 Å². The lowest BCUT2D eigenvalue weighted by molar-refractivity contribution is 0.0698. The van der Waals surface area contributed by atoms with Crippen LogP contribution in [0.25, 0.3) is 0 Å². The van der Waals surface area contributed by atoms with Gasteiger partial charge in [0.25, 0.3) is 0 Å². The number of hydrogen-bond donors (Lipinski definition) is 3. The quantitative estimate of drug-likeness (QED) is 0.739. The zero-order valence-electron chi connectivity index (χ0n) is 10.7. The SMILES string of the molecule is O=C(Nc1c(Br)cccc1C(=O)O)NC1CC=CCC1. The zero-order chi connectivity index (χ0) is 14.5. The van der Waals surface area contributed by atoms with Gasteiger partial charge in [-0.15, -0.1) is 0 Å². The van der Waals surface area contributed by atoms with Crippen molar-refractivity contribution in [1.82, 2.24) is 5.32 Å². The van der Waals surface area contributed by atoms with Gasteiger partial charge in [0.15, 0.2) is 0 Å². The van der Waals surface area contributed by atoms with E-state index in [2.05, 4.69) is 32.6 Å². The normalized spacial score (nSPS) is 17.6. The molecule has 106 valence electrons. The number of hydrogen-bond acceptors (Lipinski definition) is 2. The molecule has 2 rings (SSSR count). The van der Waals surface area contributed by atoms with E-state index in [-0.39, 0.29) is 23.3 Å². The first-order valence-electron chi connectivity index (χ1n) is 6.32. The molecule has 1 unspecified atom stereocenters. The maximum Gasteiger partial charge on any atom is 0.337 e. The number of carboxylic acid groups (broad SMARTS) is 1. The van der Waals surface area contributed by atoms with Crippen molar-refractivity contribution in [3.05, 3.63) is 40.4 Å². The molecule has 1 atom stereocenters. The van der Waals surface area contributed by atoms with Crippen molar-refractivity contribution in [3.63, 3.8) is 0 Å². The number of carbonyl (C=O) groups is 2. The van der Waals surface area contributed by atoms with Crippen LogP contribution in [-0.2, 0) is 0 Å². The predicted octanol–water partition coefficient (Wildman–Crippen LogP) is 3.38. The number of carboxylic acids is 1. The van der Waals surface area contributed by atoms with Crippen LogP contribution >= 0.6 is 15.9 Å². The van der Waals surface area contributed by atoms with Gasteiger partial charge in [-0.3, -0.25) is 0 Å². The van der Waals surface area contributed by atoms with E-state index in [1.54, 1.807) is 12.1 Å². The fourth-order valence-corrected chi connectivity index (χ4v) is 2.55. The maximum atomic E-state index is 11.9. The van der Waals surface area contributed by atoms with Gasteiger partial charge in [0.05, 0.1) is 11.3 Å². The van der Waals surface area contributed by atoms with E-state index in [1.165, 1.54) is 6.07 Å². The van der Waals surface area contributed by atoms with E-state index in [0.717, 1.165) is 19.3 Å². The second kappa shape index (κ2) is 6.56. The first-order chi connectivity index (χ1) is 9.58. The fourth-order valence-electron chi connectivity index (χ4n) is 2.09. The average molecular weight is 339 g/mol. The minimum Gasteiger partial charge on any atom is -0.478 e. The molecule has 0 heterocycles. The van der Waals surface area contributed by atoms with Crippen LogP contribution in [0.4, 0.5) is 10.5 Å². The Morgan fingerprint density at radius 2 is 2.10 bits per heavy atom. The number of carbonyl (C=O) groups excluding carboxylic acids is 1. The largest absolute Gasteiger partial charge is 0.478 e. The van der Waals surface area contributed by atoms with Gasteiger partial charge in [-0.1, -0.05) is 18.2 Å². The Hall–Kier alpha value is -1.82. The Morgan fingerprint density at radius 1 is 1.30 bits per heavy atom. The number of benzene rings is 1. The first kappa shape index (κ1) is 14.6. The Bertz CT molecular complexity index is 557. The molecule has 0 aromatic heterocycles. The number of nitrogens with one attached hydrogen (secondary N) is 2. The van der Waals surface area contributed by atoms with Crippen molar-refractivity contribution in [2.75, 3.05) is 5.32 Å². The summed E-state index contributed by atoms with van der Waals surface area (Å²) in [4.78, 5) is 23.1. The predicted molar refractivity (Wildman–Crippen MR) is 80.0 cm³/mol. The van der Waals surface area contributed by atoms with Crippen LogP contribution in [0.2, 0.25) is 0 Å². The molecular weight excluding hydrogens is 324 g/mol. The lowest BCUT2D eigenvalue weighted by Crippen LogP contribution is -2.38. The molecule has 0 radical (unpaired) electrons. The van der Waals surface area contributed by atoms with E-state index in [0.29, 0.717) is 4.47 Å². The summed E-state index contributed by atoms with van der Waals surface area (Å²) >= 11 is 3.25. The highest BCUT2D eigenvalue weighted by molar-refractivity contribution is 9.10. The molecule has 1 aromatic carbocycles. The molecular formula is C14H15BrN2O3. The van der Waals surface area contributed by atoms with Gasteiger partial charge in [0.2, 0.25) is 0 Å². The van der Waals surface area contributed by atoms with E-state index < -0.39 is 5.97 Å². The summed E-state index contributed by atoms with van der Waals surface area (Å²) in [7, 11) is 0. The smallest absolute Gasteiger partial charge is 0.337 e. The third-order valence-corrected chi connectivity index (χ3v) is 3.75. The molecule has 3 N–H and O–H groups in total. The van der Waals surface area contributed by atoms with Crippen LogP contribution in [0.15, 0.2) is 34.8 Å². The molecule has 5 nitrogen and oxygen atoms in total. The number of halogens is 1. The number of urea groups is 1. The van der Waals surface area contributed by atoms with E-state index in [9.17, 15) is 9.59 Å². The van der Waals surface area contributed by atoms with Gasteiger partial charge >= 0.3 is 12.0 Å². The van der Waals surface area contributed by atoms with Crippen LogP contribution < -0.4 is 10.6 Å². The molecule has 0 saturated heterocycles. The third-order valence-electron chi connectivity index (χ3n) is 3.09. The third kappa shape index (κ3) is 3.60. The van der Waals surface area contributed by atoms with Crippen molar-refractivity contribution in [1.29, 1.82) is 0 Å². The van der Waals surface area contributed by atoms with Crippen LogP contribution in [0.3, 0.4) is 0 Å². The molecule has 0 spiro atoms. The molecule has 1 aromatic rings. The van der Waals surface area contributed by atoms with E-state index >= 15 is 0 Å². The van der Waals surface area contributed by atoms with Crippen molar-refractivity contribution >= 4 is 33.6 Å². The average Bonchev–Trinajstić information content (AvgIpc) is 2.42. The van der Waals surface area contributed by atoms with Gasteiger partial charge in [-0.25, -0.2) is 9.59 Å². The lowest BCUT2D eigenvalue weighted by atomic mass is 10.0. The Labute approximate surface area is 125 Å². The Kier molecular flexibility index (Phi) is 4.79. The molecule has 1 aliphatic carbocycles. The monoisotopic (exact) mass is 338 g/mol. The number of allylic oxidation sites excluding steroid dienone is 1. The Balaban J connectivity index is 2.07. The molecule has 0 bridgehead atoms. The van der Waals surface area contributed by atoms with Gasteiger partial charge < -0.3 is 15.7 Å². The van der Waals surface area contributed by atoms with Crippen LogP contribution in [0, 0.1) is 0 Å². The number of para-hydroxylation sites is 1. The second-order valence-corrected chi connectivity index (χ2v) is 5.40. The van der Waals surface area contributed by atoms with Gasteiger partial charge in [-0.2, -0.15) is 0 Å². The molecule has 20 heavy (non-hydrogen) atoms. The lowest BCUT2D eigenvalue weighted by Gasteiger charge is -2.20. The first-order valence-corrected chi connectivity index (χ1v) is 7.11. The van der Waals surface area contributed by atoms with Gasteiger partial charge in [0, 0.05) is 10.5 Å². The zero-order valence-corrected chi connectivity index (χ0v) is 12.3. The minimum atomic E-state index is -1.08. The summed E-state index contributed by atoms with van der Waals surface area (Å²) in [5.41, 5.74) is 0.321. The van der Waals surface area contributed by atoms with Crippen LogP contribution in [0.5, 0.6) is 0 Å². The molecule has 1 aliphatic rings. The summed E-state index contributed by atoms with van der Waals surface area (Å²) in [6.07, 6.45) is 6.77. The van der Waals surface area contributed by atoms with Crippen molar-refractivity contribution in [2.24, 2.45) is 0 Å². The highest BCUT2D eigenvalue weighted by atomic mass is 79.9. The maximum absolute atomic E-state index is 11.9. The highest BCUT2D eigenvalue weighted by Gasteiger charge is 2.17. The number of amides is 2. The molecule has 6 heteroatoms. The standard InChI is InChI=1S/C14H15BrN2O3/c15-11-8-4-7-10(13(18)19)12(11)17-14(20)16-9-5-2-1-3-6-9/h1-2,4,7-9H,3,5-6H2,(H,18,19)(H2,16,17,20). The van der Waals surface area contributed by atoms with E-state index in [4.69, 9.17) is 5.11 Å². The summed E-state index contributed by atoms with van der Waals surface area (Å²) in [6, 6.07) is 4.45. The summed E-state index contributed by atoms with van der Waals surface area (Å²) < 4.78 is 0.538. The van der Waals surface area contributed by atoms with Crippen LogP contribution in [0.1, 0.15) is 29.6 Å². The molecule has 0 saturated carbocycles. The Morgan fingerprint density at radius 3 is 2.75 bits per heavy atom. The summed E-state index contributed by atoms with van der Waals surface area (Å²) in [6.45, 7) is 0. The number of anilines is 1. The number of rotatable bonds is 3. The van der Waals surface area contributed by atoms with Gasteiger partial charge in [0.1, 0.15) is 0 Å². The molecule has 2 amide bonds. The van der Waals surface area contributed by atoms with Crippen LogP contribution in [-0.4, -0.2) is 23.1 Å². The van der Waals surface area contributed by atoms with Crippen molar-refractivity contribution in [2.45, 2.75) is 25.3 Å². The highest BCUT2D eigenvalue weighted by Crippen LogP contribution is 2.26. The topological polar surface area (TPSA) is 78.4 Å². The van der Waals surface area contributed by atoms with Crippen molar-refractivity contribution in [3.8, 4) is 0 Å². The van der Waals surface area contributed by atoms with Gasteiger partial charge in [-0.05, 0) is 47.3 Å². The van der Waals surface area contributed by atoms with E-state index in [1.807, 2.05) is 6.08 Å². The summed E-state index contributed by atoms with van der Waals surface area (Å²) in [5, 5.41) is 14.6.